The second-order valence-electron chi connectivity index (χ2n) is 9.91. The van der Waals surface area contributed by atoms with Crippen LogP contribution in [0.1, 0.15) is 113 Å². The van der Waals surface area contributed by atoms with E-state index < -0.39 is 35.3 Å². The highest BCUT2D eigenvalue weighted by atomic mass is 19.1. The van der Waals surface area contributed by atoms with Crippen molar-refractivity contribution in [2.24, 2.45) is 5.92 Å². The molecule has 0 aromatic heterocycles. The summed E-state index contributed by atoms with van der Waals surface area (Å²) in [6.45, 7) is 4.52. The Balaban J connectivity index is 2.19. The first-order chi connectivity index (χ1) is 18.4. The molecule has 1 N–H and O–H groups in total. The van der Waals surface area contributed by atoms with Crippen LogP contribution in [0.4, 0.5) is 4.39 Å². The van der Waals surface area contributed by atoms with Crippen molar-refractivity contribution in [2.75, 3.05) is 6.61 Å². The van der Waals surface area contributed by atoms with E-state index in [2.05, 4.69) is 13.8 Å². The van der Waals surface area contributed by atoms with Crippen molar-refractivity contribution >= 4 is 17.9 Å². The van der Waals surface area contributed by atoms with Gasteiger partial charge in [0, 0.05) is 12.0 Å². The van der Waals surface area contributed by atoms with E-state index in [1.165, 1.54) is 37.1 Å². The Morgan fingerprint density at radius 2 is 1.50 bits per heavy atom. The summed E-state index contributed by atoms with van der Waals surface area (Å²) in [6, 6.07) is 6.26. The molecule has 1 aliphatic rings. The highest BCUT2D eigenvalue weighted by Crippen LogP contribution is 2.42. The lowest BCUT2D eigenvalue weighted by Gasteiger charge is -2.33. The van der Waals surface area contributed by atoms with Crippen LogP contribution in [0.5, 0.6) is 0 Å². The Labute approximate surface area is 226 Å². The SMILES string of the molecule is CCCCCCCCCC(=O)OC1(c2ccccc2C(=O)OCCCCCCC)C=CC(C(=O)O)C=C1F. The van der Waals surface area contributed by atoms with E-state index in [1.807, 2.05) is 0 Å². The maximum Gasteiger partial charge on any atom is 0.338 e. The molecule has 2 atom stereocenters. The van der Waals surface area contributed by atoms with Gasteiger partial charge in [-0.25, -0.2) is 9.18 Å². The van der Waals surface area contributed by atoms with Gasteiger partial charge in [-0.15, -0.1) is 0 Å². The molecule has 0 amide bonds. The minimum Gasteiger partial charge on any atom is -0.481 e. The van der Waals surface area contributed by atoms with Crippen LogP contribution in [-0.2, 0) is 24.7 Å². The lowest BCUT2D eigenvalue weighted by Crippen LogP contribution is -2.36. The lowest BCUT2D eigenvalue weighted by molar-refractivity contribution is -0.155. The van der Waals surface area contributed by atoms with Gasteiger partial charge in [-0.05, 0) is 31.1 Å². The third-order valence-electron chi connectivity index (χ3n) is 6.79. The Kier molecular flexibility index (Phi) is 13.8. The van der Waals surface area contributed by atoms with Crippen LogP contribution in [0, 0.1) is 5.92 Å². The van der Waals surface area contributed by atoms with Gasteiger partial charge in [0.05, 0.1) is 18.1 Å². The van der Waals surface area contributed by atoms with Gasteiger partial charge in [-0.3, -0.25) is 9.59 Å². The van der Waals surface area contributed by atoms with Gasteiger partial charge in [0.25, 0.3) is 0 Å². The molecule has 2 rings (SSSR count). The number of benzene rings is 1. The normalized spacial score (nSPS) is 18.6. The molecule has 1 aromatic rings. The van der Waals surface area contributed by atoms with Gasteiger partial charge in [-0.2, -0.15) is 0 Å². The number of esters is 2. The molecule has 6 nitrogen and oxygen atoms in total. The minimum absolute atomic E-state index is 0.0757. The number of rotatable bonds is 18. The third-order valence-corrected chi connectivity index (χ3v) is 6.79. The molecule has 0 saturated carbocycles. The van der Waals surface area contributed by atoms with Crippen molar-refractivity contribution in [3.8, 4) is 0 Å². The minimum atomic E-state index is -2.03. The van der Waals surface area contributed by atoms with Gasteiger partial charge >= 0.3 is 17.9 Å². The van der Waals surface area contributed by atoms with E-state index in [1.54, 1.807) is 12.1 Å². The van der Waals surface area contributed by atoms with E-state index in [4.69, 9.17) is 9.47 Å². The molecular weight excluding hydrogens is 487 g/mol. The van der Waals surface area contributed by atoms with Crippen LogP contribution in [0.2, 0.25) is 0 Å². The average molecular weight is 531 g/mol. The number of carboxylic acids is 1. The van der Waals surface area contributed by atoms with E-state index >= 15 is 4.39 Å². The predicted octanol–water partition coefficient (Wildman–Crippen LogP) is 7.82. The summed E-state index contributed by atoms with van der Waals surface area (Å²) in [5, 5.41) is 9.37. The largest absolute Gasteiger partial charge is 0.481 e. The summed E-state index contributed by atoms with van der Waals surface area (Å²) in [5.41, 5.74) is -1.84. The first-order valence-corrected chi connectivity index (χ1v) is 14.1. The number of hydrogen-bond donors (Lipinski definition) is 1. The number of carbonyl (C=O) groups excluding carboxylic acids is 2. The van der Waals surface area contributed by atoms with Crippen molar-refractivity contribution in [2.45, 2.75) is 103 Å². The molecule has 0 heterocycles. The van der Waals surface area contributed by atoms with Crippen LogP contribution in [-0.4, -0.2) is 29.6 Å². The van der Waals surface area contributed by atoms with Gasteiger partial charge in [0.2, 0.25) is 5.60 Å². The first-order valence-electron chi connectivity index (χ1n) is 14.1. The van der Waals surface area contributed by atoms with Crippen molar-refractivity contribution < 1.29 is 33.4 Å². The molecule has 0 bridgehead atoms. The topological polar surface area (TPSA) is 89.9 Å². The van der Waals surface area contributed by atoms with Crippen molar-refractivity contribution in [1.29, 1.82) is 0 Å². The molecule has 1 aliphatic carbocycles. The Hall–Kier alpha value is -2.96. The zero-order valence-electron chi connectivity index (χ0n) is 22.9. The molecule has 2 unspecified atom stereocenters. The Bertz CT molecular complexity index is 969. The van der Waals surface area contributed by atoms with Crippen LogP contribution in [0.25, 0.3) is 0 Å². The summed E-state index contributed by atoms with van der Waals surface area (Å²) in [5.74, 6) is -4.62. The summed E-state index contributed by atoms with van der Waals surface area (Å²) >= 11 is 0. The van der Waals surface area contributed by atoms with E-state index in [-0.39, 0.29) is 24.2 Å². The molecule has 0 radical (unpaired) electrons. The molecule has 0 aliphatic heterocycles. The molecule has 0 spiro atoms. The summed E-state index contributed by atoms with van der Waals surface area (Å²) in [4.78, 5) is 37.4. The van der Waals surface area contributed by atoms with Crippen molar-refractivity contribution in [3.05, 3.63) is 59.4 Å². The lowest BCUT2D eigenvalue weighted by atomic mass is 9.82. The van der Waals surface area contributed by atoms with Gasteiger partial charge in [0.1, 0.15) is 5.83 Å². The van der Waals surface area contributed by atoms with Crippen molar-refractivity contribution in [3.63, 3.8) is 0 Å². The summed E-state index contributed by atoms with van der Waals surface area (Å²) in [6.07, 6.45) is 15.6. The second kappa shape index (κ2) is 16.8. The van der Waals surface area contributed by atoms with Crippen LogP contribution < -0.4 is 0 Å². The fourth-order valence-electron chi connectivity index (χ4n) is 4.56. The molecule has 210 valence electrons. The molecule has 0 saturated heterocycles. The van der Waals surface area contributed by atoms with E-state index in [9.17, 15) is 19.5 Å². The number of carboxylic acid groups (broad SMARTS) is 1. The fourth-order valence-corrected chi connectivity index (χ4v) is 4.56. The Morgan fingerprint density at radius 3 is 2.13 bits per heavy atom. The standard InChI is InChI=1S/C31H43FO6/c1-3-5-7-9-10-11-13-19-28(33)38-31(21-20-24(29(34)35)23-27(31)32)26-18-15-14-17-25(26)30(36)37-22-16-12-8-6-4-2/h14-15,17-18,20-21,23-24H,3-13,16,19,22H2,1-2H3,(H,34,35). The molecule has 1 aromatic carbocycles. The van der Waals surface area contributed by atoms with Crippen molar-refractivity contribution in [1.82, 2.24) is 0 Å². The first kappa shape index (κ1) is 31.3. The highest BCUT2D eigenvalue weighted by molar-refractivity contribution is 5.92. The number of aliphatic carboxylic acids is 1. The number of unbranched alkanes of at least 4 members (excludes halogenated alkanes) is 10. The van der Waals surface area contributed by atoms with E-state index in [0.29, 0.717) is 6.42 Å². The zero-order chi connectivity index (χ0) is 27.8. The van der Waals surface area contributed by atoms with Gasteiger partial charge in [0.15, 0.2) is 0 Å². The number of hydrogen-bond acceptors (Lipinski definition) is 5. The smallest absolute Gasteiger partial charge is 0.338 e. The fraction of sp³-hybridized carbons (Fsp3) is 0.581. The maximum absolute atomic E-state index is 15.7. The number of ether oxygens (including phenoxy) is 2. The van der Waals surface area contributed by atoms with Crippen LogP contribution in [0.15, 0.2) is 48.3 Å². The maximum atomic E-state index is 15.7. The molecule has 38 heavy (non-hydrogen) atoms. The number of halogens is 1. The van der Waals surface area contributed by atoms with Gasteiger partial charge in [-0.1, -0.05) is 102 Å². The molecule has 0 fully saturated rings. The highest BCUT2D eigenvalue weighted by Gasteiger charge is 2.44. The average Bonchev–Trinajstić information content (AvgIpc) is 2.91. The van der Waals surface area contributed by atoms with Crippen LogP contribution >= 0.6 is 0 Å². The Morgan fingerprint density at radius 1 is 0.895 bits per heavy atom. The second-order valence-corrected chi connectivity index (χ2v) is 9.91. The quantitative estimate of drug-likeness (QED) is 0.118. The number of carbonyl (C=O) groups is 3. The van der Waals surface area contributed by atoms with Gasteiger partial charge < -0.3 is 14.6 Å². The molecule has 7 heteroatoms. The van der Waals surface area contributed by atoms with E-state index in [0.717, 1.165) is 63.9 Å². The monoisotopic (exact) mass is 530 g/mol. The zero-order valence-corrected chi connectivity index (χ0v) is 22.9. The van der Waals surface area contributed by atoms with Crippen LogP contribution in [0.3, 0.4) is 0 Å². The third kappa shape index (κ3) is 9.41. The molecular formula is C31H43FO6. The summed E-state index contributed by atoms with van der Waals surface area (Å²) in [7, 11) is 0. The predicted molar refractivity (Wildman–Crippen MR) is 145 cm³/mol. The summed E-state index contributed by atoms with van der Waals surface area (Å²) < 4.78 is 26.9.